The third kappa shape index (κ3) is 2.12. The van der Waals surface area contributed by atoms with Crippen LogP contribution in [0.2, 0.25) is 0 Å². The number of methoxy groups -OCH3 is 1. The molecular formula is C13H12F3NO2. The lowest BCUT2D eigenvalue weighted by Crippen LogP contribution is -2.22. The van der Waals surface area contributed by atoms with E-state index in [1.54, 1.807) is 0 Å². The summed E-state index contributed by atoms with van der Waals surface area (Å²) in [5, 5.41) is 0. The molecule has 19 heavy (non-hydrogen) atoms. The molecule has 2 rings (SSSR count). The monoisotopic (exact) mass is 271 g/mol. The molecule has 0 spiro atoms. The van der Waals surface area contributed by atoms with Crippen LogP contribution < -0.4 is 4.74 Å². The maximum Gasteiger partial charge on any atom is 0.235 e. The molecule has 0 radical (unpaired) electrons. The van der Waals surface area contributed by atoms with E-state index in [1.165, 1.54) is 6.08 Å². The molecular weight excluding hydrogens is 259 g/mol. The second kappa shape index (κ2) is 5.05. The number of isocyanates is 1. The molecule has 1 fully saturated rings. The van der Waals surface area contributed by atoms with E-state index in [0.717, 1.165) is 26.0 Å². The van der Waals surface area contributed by atoms with Crippen LogP contribution in [0, 0.1) is 17.5 Å². The van der Waals surface area contributed by atoms with Gasteiger partial charge in [0.15, 0.2) is 17.4 Å². The summed E-state index contributed by atoms with van der Waals surface area (Å²) in [5.41, 5.74) is -1.31. The molecule has 1 aliphatic rings. The summed E-state index contributed by atoms with van der Waals surface area (Å²) in [4.78, 5) is 14.2. The highest BCUT2D eigenvalue weighted by Crippen LogP contribution is 2.45. The zero-order valence-electron chi connectivity index (χ0n) is 10.3. The van der Waals surface area contributed by atoms with Crippen molar-refractivity contribution in [2.24, 2.45) is 4.99 Å². The van der Waals surface area contributed by atoms with Gasteiger partial charge in [0.1, 0.15) is 5.54 Å². The molecule has 0 saturated heterocycles. The molecule has 102 valence electrons. The van der Waals surface area contributed by atoms with E-state index in [0.29, 0.717) is 12.8 Å². The summed E-state index contributed by atoms with van der Waals surface area (Å²) in [5.74, 6) is -4.41. The SMILES string of the molecule is COc1c(F)c(F)cc(C2(N=C=O)CCCC2)c1F. The van der Waals surface area contributed by atoms with Crippen molar-refractivity contribution in [2.75, 3.05) is 7.11 Å². The highest BCUT2D eigenvalue weighted by Gasteiger charge is 2.40. The number of nitrogens with zero attached hydrogens (tertiary/aromatic N) is 1. The maximum atomic E-state index is 14.2. The zero-order chi connectivity index (χ0) is 14.0. The van der Waals surface area contributed by atoms with Crippen LogP contribution in [0.5, 0.6) is 5.75 Å². The molecule has 0 amide bonds. The van der Waals surface area contributed by atoms with Gasteiger partial charge in [0.2, 0.25) is 11.9 Å². The summed E-state index contributed by atoms with van der Waals surface area (Å²) < 4.78 is 45.7. The molecule has 0 unspecified atom stereocenters. The van der Waals surface area contributed by atoms with Crippen molar-refractivity contribution in [1.29, 1.82) is 0 Å². The fraction of sp³-hybridized carbons (Fsp3) is 0.462. The number of carbonyl (C=O) groups excluding carboxylic acids is 1. The summed E-state index contributed by atoms with van der Waals surface area (Å²) in [7, 11) is 1.05. The topological polar surface area (TPSA) is 38.7 Å². The Morgan fingerprint density at radius 3 is 2.42 bits per heavy atom. The molecule has 0 atom stereocenters. The molecule has 3 nitrogen and oxygen atoms in total. The Bertz CT molecular complexity index is 547. The van der Waals surface area contributed by atoms with Gasteiger partial charge in [0.25, 0.3) is 0 Å². The van der Waals surface area contributed by atoms with Gasteiger partial charge in [-0.2, -0.15) is 9.38 Å². The van der Waals surface area contributed by atoms with Gasteiger partial charge >= 0.3 is 0 Å². The first-order valence-electron chi connectivity index (χ1n) is 5.87. The number of benzene rings is 1. The van der Waals surface area contributed by atoms with Gasteiger partial charge in [-0.3, -0.25) is 0 Å². The molecule has 0 aromatic heterocycles. The van der Waals surface area contributed by atoms with Gasteiger partial charge < -0.3 is 4.74 Å². The van der Waals surface area contributed by atoms with Gasteiger partial charge in [-0.15, -0.1) is 0 Å². The Morgan fingerprint density at radius 1 is 1.26 bits per heavy atom. The van der Waals surface area contributed by atoms with Crippen molar-refractivity contribution < 1.29 is 22.7 Å². The van der Waals surface area contributed by atoms with Crippen molar-refractivity contribution in [2.45, 2.75) is 31.2 Å². The van der Waals surface area contributed by atoms with Crippen LogP contribution in [0.4, 0.5) is 13.2 Å². The molecule has 1 aliphatic carbocycles. The Morgan fingerprint density at radius 2 is 1.89 bits per heavy atom. The van der Waals surface area contributed by atoms with Crippen LogP contribution in [0.15, 0.2) is 11.1 Å². The quantitative estimate of drug-likeness (QED) is 0.481. The number of halogens is 3. The van der Waals surface area contributed by atoms with Crippen LogP contribution in [0.25, 0.3) is 0 Å². The predicted molar refractivity (Wildman–Crippen MR) is 61.1 cm³/mol. The minimum Gasteiger partial charge on any atom is -0.491 e. The third-order valence-electron chi connectivity index (χ3n) is 3.51. The lowest BCUT2D eigenvalue weighted by atomic mass is 9.88. The number of hydrogen-bond donors (Lipinski definition) is 0. The van der Waals surface area contributed by atoms with Crippen molar-refractivity contribution in [3.05, 3.63) is 29.1 Å². The van der Waals surface area contributed by atoms with Gasteiger partial charge in [-0.05, 0) is 18.9 Å². The lowest BCUT2D eigenvalue weighted by molar-refractivity contribution is 0.332. The van der Waals surface area contributed by atoms with E-state index in [2.05, 4.69) is 9.73 Å². The van der Waals surface area contributed by atoms with Gasteiger partial charge in [-0.1, -0.05) is 12.8 Å². The van der Waals surface area contributed by atoms with Crippen molar-refractivity contribution in [3.63, 3.8) is 0 Å². The van der Waals surface area contributed by atoms with Crippen LogP contribution in [-0.2, 0) is 10.3 Å². The first-order chi connectivity index (χ1) is 9.05. The first kappa shape index (κ1) is 13.6. The second-order valence-corrected chi connectivity index (χ2v) is 4.51. The van der Waals surface area contributed by atoms with Crippen LogP contribution >= 0.6 is 0 Å². The molecule has 1 aromatic carbocycles. The number of rotatable bonds is 3. The van der Waals surface area contributed by atoms with E-state index < -0.39 is 28.7 Å². The number of hydrogen-bond acceptors (Lipinski definition) is 3. The summed E-state index contributed by atoms with van der Waals surface area (Å²) >= 11 is 0. The smallest absolute Gasteiger partial charge is 0.235 e. The lowest BCUT2D eigenvalue weighted by Gasteiger charge is -2.24. The summed E-state index contributed by atoms with van der Waals surface area (Å²) in [6.45, 7) is 0. The fourth-order valence-corrected chi connectivity index (χ4v) is 2.59. The molecule has 1 aromatic rings. The van der Waals surface area contributed by atoms with E-state index in [4.69, 9.17) is 0 Å². The Hall–Kier alpha value is -1.81. The standard InChI is InChI=1S/C13H12F3NO2/c1-19-12-10(15)8(6-9(14)11(12)16)13(17-7-18)4-2-3-5-13/h6H,2-5H2,1H3. The highest BCUT2D eigenvalue weighted by atomic mass is 19.2. The van der Waals surface area contributed by atoms with Crippen LogP contribution in [0.1, 0.15) is 31.2 Å². The second-order valence-electron chi connectivity index (χ2n) is 4.51. The molecule has 0 bridgehead atoms. The number of aliphatic imine (C=N–C) groups is 1. The zero-order valence-corrected chi connectivity index (χ0v) is 10.3. The first-order valence-corrected chi connectivity index (χ1v) is 5.87. The Labute approximate surface area is 108 Å². The minimum atomic E-state index is -1.38. The average molecular weight is 271 g/mol. The molecule has 1 saturated carbocycles. The molecule has 0 heterocycles. The molecule has 6 heteroatoms. The van der Waals surface area contributed by atoms with Gasteiger partial charge in [0, 0.05) is 5.56 Å². The van der Waals surface area contributed by atoms with Gasteiger partial charge in [-0.25, -0.2) is 13.6 Å². The van der Waals surface area contributed by atoms with Gasteiger partial charge in [0.05, 0.1) is 7.11 Å². The molecule has 0 aliphatic heterocycles. The Balaban J connectivity index is 2.67. The number of ether oxygens (including phenoxy) is 1. The van der Waals surface area contributed by atoms with Crippen molar-refractivity contribution >= 4 is 6.08 Å². The average Bonchev–Trinajstić information content (AvgIpc) is 2.84. The predicted octanol–water partition coefficient (Wildman–Crippen LogP) is 3.22. The third-order valence-corrected chi connectivity index (χ3v) is 3.51. The highest BCUT2D eigenvalue weighted by molar-refractivity contribution is 5.43. The van der Waals surface area contributed by atoms with E-state index in [9.17, 15) is 18.0 Å². The normalized spacial score (nSPS) is 17.1. The summed E-state index contributed by atoms with van der Waals surface area (Å²) in [6, 6.07) is 0.749. The van der Waals surface area contributed by atoms with Crippen LogP contribution in [0.3, 0.4) is 0 Å². The Kier molecular flexibility index (Phi) is 3.62. The maximum absolute atomic E-state index is 14.2. The van der Waals surface area contributed by atoms with Crippen molar-refractivity contribution in [3.8, 4) is 5.75 Å². The van der Waals surface area contributed by atoms with Crippen LogP contribution in [-0.4, -0.2) is 13.2 Å². The van der Waals surface area contributed by atoms with E-state index in [1.807, 2.05) is 0 Å². The van der Waals surface area contributed by atoms with E-state index >= 15 is 0 Å². The van der Waals surface area contributed by atoms with E-state index in [-0.39, 0.29) is 5.56 Å². The summed E-state index contributed by atoms with van der Waals surface area (Å²) in [6.07, 6.45) is 3.65. The fourth-order valence-electron chi connectivity index (χ4n) is 2.59. The molecule has 0 N–H and O–H groups in total. The minimum absolute atomic E-state index is 0.149. The largest absolute Gasteiger partial charge is 0.491 e. The van der Waals surface area contributed by atoms with Crippen molar-refractivity contribution in [1.82, 2.24) is 0 Å².